The van der Waals surface area contributed by atoms with Crippen molar-refractivity contribution in [2.24, 2.45) is 0 Å². The maximum absolute atomic E-state index is 11.4. The molecule has 8 nitrogen and oxygen atoms in total. The third-order valence-electron chi connectivity index (χ3n) is 1.93. The van der Waals surface area contributed by atoms with Crippen LogP contribution in [0.2, 0.25) is 0 Å². The second-order valence-corrected chi connectivity index (χ2v) is 5.04. The highest BCUT2D eigenvalue weighted by Gasteiger charge is 2.22. The molecule has 0 saturated heterocycles. The zero-order valence-electron chi connectivity index (χ0n) is 10.9. The second kappa shape index (κ2) is 9.03. The van der Waals surface area contributed by atoms with E-state index in [0.29, 0.717) is 6.42 Å². The summed E-state index contributed by atoms with van der Waals surface area (Å²) in [6.07, 6.45) is 0.588. The molecule has 0 aromatic heterocycles. The van der Waals surface area contributed by atoms with Gasteiger partial charge in [-0.1, -0.05) is 13.3 Å². The van der Waals surface area contributed by atoms with Gasteiger partial charge in [0, 0.05) is 13.3 Å². The van der Waals surface area contributed by atoms with Crippen molar-refractivity contribution in [3.8, 4) is 0 Å². The summed E-state index contributed by atoms with van der Waals surface area (Å²) in [6.45, 7) is 2.21. The molecule has 0 fully saturated rings. The molecule has 0 aromatic carbocycles. The van der Waals surface area contributed by atoms with Gasteiger partial charge in [-0.25, -0.2) is 4.57 Å². The maximum atomic E-state index is 11.4. The smallest absolute Gasteiger partial charge is 0.462 e. The van der Waals surface area contributed by atoms with E-state index in [-0.39, 0.29) is 13.0 Å². The predicted molar refractivity (Wildman–Crippen MR) is 64.0 cm³/mol. The monoisotopic (exact) mass is 298 g/mol. The maximum Gasteiger partial charge on any atom is 0.469 e. The van der Waals surface area contributed by atoms with Gasteiger partial charge in [0.1, 0.15) is 6.61 Å². The van der Waals surface area contributed by atoms with E-state index in [9.17, 15) is 14.2 Å². The number of ether oxygens (including phenoxy) is 2. The van der Waals surface area contributed by atoms with Gasteiger partial charge in [0.25, 0.3) is 0 Å². The van der Waals surface area contributed by atoms with E-state index in [1.54, 1.807) is 0 Å². The third kappa shape index (κ3) is 11.9. The fourth-order valence-electron chi connectivity index (χ4n) is 1.07. The number of hydrogen-bond donors (Lipinski definition) is 2. The van der Waals surface area contributed by atoms with Crippen LogP contribution >= 0.6 is 7.82 Å². The number of esters is 2. The second-order valence-electron chi connectivity index (χ2n) is 3.80. The largest absolute Gasteiger partial charge is 0.469 e. The van der Waals surface area contributed by atoms with Crippen molar-refractivity contribution < 1.29 is 37.9 Å². The van der Waals surface area contributed by atoms with Crippen LogP contribution in [0.25, 0.3) is 0 Å². The molecular formula is C10H19O8P. The lowest BCUT2D eigenvalue weighted by Gasteiger charge is -2.17. The summed E-state index contributed by atoms with van der Waals surface area (Å²) in [5.74, 6) is -1.13. The Bertz CT molecular complexity index is 336. The Morgan fingerprint density at radius 3 is 2.37 bits per heavy atom. The molecule has 0 saturated carbocycles. The molecule has 0 rings (SSSR count). The Kier molecular flexibility index (Phi) is 8.58. The molecule has 0 amide bonds. The normalized spacial score (nSPS) is 12.8. The molecule has 0 radical (unpaired) electrons. The van der Waals surface area contributed by atoms with Gasteiger partial charge in [-0.3, -0.25) is 14.1 Å². The summed E-state index contributed by atoms with van der Waals surface area (Å²) < 4.78 is 24.3. The number of carbonyl (C=O) groups excluding carboxylic acids is 2. The van der Waals surface area contributed by atoms with Crippen LogP contribution in [0, 0.1) is 0 Å². The summed E-state index contributed by atoms with van der Waals surface area (Å²) in [5.41, 5.74) is 0. The fraction of sp³-hybridized carbons (Fsp3) is 0.800. The molecule has 1 atom stereocenters. The van der Waals surface area contributed by atoms with Gasteiger partial charge in [0.15, 0.2) is 6.10 Å². The van der Waals surface area contributed by atoms with E-state index in [4.69, 9.17) is 14.5 Å². The first-order valence-electron chi connectivity index (χ1n) is 5.77. The molecule has 0 aromatic rings. The predicted octanol–water partition coefficient (Wildman–Crippen LogP) is 0.761. The first kappa shape index (κ1) is 18.0. The number of carbonyl (C=O) groups is 2. The molecule has 2 N–H and O–H groups in total. The highest BCUT2D eigenvalue weighted by Crippen LogP contribution is 2.35. The minimum absolute atomic E-state index is 0.184. The van der Waals surface area contributed by atoms with Gasteiger partial charge in [-0.05, 0) is 6.42 Å². The SMILES string of the molecule is CCCCC(=O)O[C@@H](COC(C)=O)COP(=O)(O)O. The Balaban J connectivity index is 4.27. The molecule has 0 spiro atoms. The molecule has 9 heteroatoms. The third-order valence-corrected chi connectivity index (χ3v) is 2.42. The molecule has 0 aliphatic carbocycles. The summed E-state index contributed by atoms with van der Waals surface area (Å²) in [7, 11) is -4.66. The van der Waals surface area contributed by atoms with Gasteiger partial charge in [-0.15, -0.1) is 0 Å². The number of unbranched alkanes of at least 4 members (excludes halogenated alkanes) is 1. The summed E-state index contributed by atoms with van der Waals surface area (Å²) in [5, 5.41) is 0. The van der Waals surface area contributed by atoms with Crippen molar-refractivity contribution in [1.29, 1.82) is 0 Å². The Morgan fingerprint density at radius 1 is 1.26 bits per heavy atom. The number of rotatable bonds is 9. The van der Waals surface area contributed by atoms with Crippen molar-refractivity contribution in [1.82, 2.24) is 0 Å². The molecule has 0 aliphatic rings. The van der Waals surface area contributed by atoms with Crippen LogP contribution in [0.1, 0.15) is 33.1 Å². The topological polar surface area (TPSA) is 119 Å². The zero-order chi connectivity index (χ0) is 14.9. The molecular weight excluding hydrogens is 279 g/mol. The van der Waals surface area contributed by atoms with E-state index >= 15 is 0 Å². The van der Waals surface area contributed by atoms with E-state index in [2.05, 4.69) is 9.26 Å². The van der Waals surface area contributed by atoms with Gasteiger partial charge in [-0.2, -0.15) is 0 Å². The highest BCUT2D eigenvalue weighted by molar-refractivity contribution is 7.46. The lowest BCUT2D eigenvalue weighted by molar-refractivity contribution is -0.160. The Labute approximate surface area is 111 Å². The molecule has 0 aliphatic heterocycles. The van der Waals surface area contributed by atoms with E-state index in [1.807, 2.05) is 6.92 Å². The Morgan fingerprint density at radius 2 is 1.89 bits per heavy atom. The average molecular weight is 298 g/mol. The number of phosphoric acid groups is 1. The van der Waals surface area contributed by atoms with Crippen molar-refractivity contribution in [2.45, 2.75) is 39.2 Å². The Hall–Kier alpha value is -0.950. The van der Waals surface area contributed by atoms with E-state index in [1.165, 1.54) is 6.92 Å². The molecule has 0 heterocycles. The summed E-state index contributed by atoms with van der Waals surface area (Å²) in [6, 6.07) is 0. The van der Waals surface area contributed by atoms with Crippen LogP contribution in [-0.4, -0.2) is 41.0 Å². The average Bonchev–Trinajstić information content (AvgIpc) is 2.28. The minimum atomic E-state index is -4.66. The van der Waals surface area contributed by atoms with Gasteiger partial charge in [0.2, 0.25) is 0 Å². The number of phosphoric ester groups is 1. The molecule has 19 heavy (non-hydrogen) atoms. The van der Waals surface area contributed by atoms with Crippen LogP contribution in [0.3, 0.4) is 0 Å². The van der Waals surface area contributed by atoms with Crippen LogP contribution in [-0.2, 0) is 28.2 Å². The minimum Gasteiger partial charge on any atom is -0.462 e. The van der Waals surface area contributed by atoms with Crippen molar-refractivity contribution in [3.05, 3.63) is 0 Å². The number of hydrogen-bond acceptors (Lipinski definition) is 6. The van der Waals surface area contributed by atoms with Crippen LogP contribution in [0.5, 0.6) is 0 Å². The summed E-state index contributed by atoms with van der Waals surface area (Å²) >= 11 is 0. The van der Waals surface area contributed by atoms with Crippen molar-refractivity contribution in [3.63, 3.8) is 0 Å². The zero-order valence-corrected chi connectivity index (χ0v) is 11.8. The van der Waals surface area contributed by atoms with Crippen LogP contribution < -0.4 is 0 Å². The van der Waals surface area contributed by atoms with Crippen molar-refractivity contribution in [2.75, 3.05) is 13.2 Å². The first-order chi connectivity index (χ1) is 8.74. The van der Waals surface area contributed by atoms with Crippen LogP contribution in [0.15, 0.2) is 0 Å². The molecule has 0 bridgehead atoms. The standard InChI is InChI=1S/C10H19O8P/c1-3-4-5-10(12)18-9(6-16-8(2)11)7-17-19(13,14)15/h9H,3-7H2,1-2H3,(H2,13,14,15)/t9-/m0/s1. The van der Waals surface area contributed by atoms with Gasteiger partial charge >= 0.3 is 19.8 Å². The molecule has 0 unspecified atom stereocenters. The highest BCUT2D eigenvalue weighted by atomic mass is 31.2. The lowest BCUT2D eigenvalue weighted by Crippen LogP contribution is -2.29. The quantitative estimate of drug-likeness (QED) is 0.473. The summed E-state index contributed by atoms with van der Waals surface area (Å²) in [4.78, 5) is 39.1. The van der Waals surface area contributed by atoms with Crippen LogP contribution in [0.4, 0.5) is 0 Å². The van der Waals surface area contributed by atoms with Crippen molar-refractivity contribution >= 4 is 19.8 Å². The molecule has 112 valence electrons. The van der Waals surface area contributed by atoms with Gasteiger partial charge < -0.3 is 19.3 Å². The van der Waals surface area contributed by atoms with E-state index < -0.39 is 32.5 Å². The first-order valence-corrected chi connectivity index (χ1v) is 7.30. The van der Waals surface area contributed by atoms with Gasteiger partial charge in [0.05, 0.1) is 6.61 Å². The fourth-order valence-corrected chi connectivity index (χ4v) is 1.43. The van der Waals surface area contributed by atoms with E-state index in [0.717, 1.165) is 6.42 Å². The lowest BCUT2D eigenvalue weighted by atomic mass is 10.2.